The van der Waals surface area contributed by atoms with E-state index in [1.165, 1.54) is 35.0 Å². The molecule has 0 saturated carbocycles. The molecule has 3 rings (SSSR count). The fourth-order valence-electron chi connectivity index (χ4n) is 3.90. The molecule has 0 bridgehead atoms. The van der Waals surface area contributed by atoms with Crippen molar-refractivity contribution in [3.8, 4) is 0 Å². The summed E-state index contributed by atoms with van der Waals surface area (Å²) in [5.41, 5.74) is 4.00. The van der Waals surface area contributed by atoms with E-state index < -0.39 is 0 Å². The number of aromatic nitrogens is 1. The van der Waals surface area contributed by atoms with Gasteiger partial charge >= 0.3 is 0 Å². The second-order valence-corrected chi connectivity index (χ2v) is 6.53. The number of para-hydroxylation sites is 1. The van der Waals surface area contributed by atoms with Gasteiger partial charge in [-0.05, 0) is 57.8 Å². The van der Waals surface area contributed by atoms with Gasteiger partial charge in [0, 0.05) is 17.4 Å². The first-order chi connectivity index (χ1) is 10.7. The number of hydrogen-bond donors (Lipinski definition) is 1. The van der Waals surface area contributed by atoms with E-state index in [4.69, 9.17) is 4.74 Å². The fourth-order valence-corrected chi connectivity index (χ4v) is 3.90. The maximum Gasteiger partial charge on any atom is 0.106 e. The molecule has 1 N–H and O–H groups in total. The molecule has 2 heterocycles. The second kappa shape index (κ2) is 7.69. The van der Waals surface area contributed by atoms with Crippen LogP contribution >= 0.6 is 12.4 Å². The smallest absolute Gasteiger partial charge is 0.106 e. The van der Waals surface area contributed by atoms with E-state index in [-0.39, 0.29) is 18.0 Å². The Morgan fingerprint density at radius 2 is 2.04 bits per heavy atom. The maximum atomic E-state index is 6.27. The van der Waals surface area contributed by atoms with E-state index in [9.17, 15) is 0 Å². The lowest BCUT2D eigenvalue weighted by Crippen LogP contribution is -2.36. The molecule has 2 aromatic rings. The van der Waals surface area contributed by atoms with Gasteiger partial charge in [-0.1, -0.05) is 25.1 Å². The fraction of sp³-hybridized carbons (Fsp3) is 0.579. The number of ether oxygens (including phenoxy) is 1. The molecule has 4 heteroatoms. The monoisotopic (exact) mass is 336 g/mol. The highest BCUT2D eigenvalue weighted by Gasteiger charge is 2.36. The Kier molecular flexibility index (Phi) is 6.12. The van der Waals surface area contributed by atoms with Crippen molar-refractivity contribution in [3.63, 3.8) is 0 Å². The van der Waals surface area contributed by atoms with E-state index in [0.29, 0.717) is 0 Å². The zero-order valence-electron chi connectivity index (χ0n) is 14.5. The lowest BCUT2D eigenvalue weighted by atomic mass is 9.91. The molecule has 0 saturated heterocycles. The molecule has 0 radical (unpaired) electrons. The minimum absolute atomic E-state index is 0. The first kappa shape index (κ1) is 18.3. The molecule has 1 aliphatic heterocycles. The molecule has 1 atom stereocenters. The molecule has 3 nitrogen and oxygen atoms in total. The van der Waals surface area contributed by atoms with Crippen LogP contribution in [0, 0.1) is 6.92 Å². The Morgan fingerprint density at radius 3 is 2.83 bits per heavy atom. The first-order valence-electron chi connectivity index (χ1n) is 8.60. The van der Waals surface area contributed by atoms with E-state index in [1.54, 1.807) is 0 Å². The Morgan fingerprint density at radius 1 is 1.26 bits per heavy atom. The number of rotatable bonds is 6. The SMILES string of the molecule is CCNCCCCC1(C)OCCn2c1c(C)c1ccccc12.Cl. The number of unbranched alkanes of at least 4 members (excludes halogenated alkanes) is 1. The third-order valence-electron chi connectivity index (χ3n) is 4.97. The van der Waals surface area contributed by atoms with E-state index in [2.05, 4.69) is 54.9 Å². The van der Waals surface area contributed by atoms with Crippen molar-refractivity contribution < 1.29 is 4.74 Å². The van der Waals surface area contributed by atoms with Gasteiger partial charge in [0.15, 0.2) is 0 Å². The molecular weight excluding hydrogens is 308 g/mol. The van der Waals surface area contributed by atoms with Crippen LogP contribution in [0.25, 0.3) is 10.9 Å². The highest BCUT2D eigenvalue weighted by molar-refractivity contribution is 5.86. The van der Waals surface area contributed by atoms with Gasteiger partial charge in [-0.3, -0.25) is 0 Å². The van der Waals surface area contributed by atoms with Crippen molar-refractivity contribution >= 4 is 23.3 Å². The largest absolute Gasteiger partial charge is 0.367 e. The standard InChI is InChI=1S/C19H28N2O.ClH/c1-4-20-12-8-7-11-19(3)18-15(2)16-9-5-6-10-17(16)21(18)13-14-22-19;/h5-6,9-10,20H,4,7-8,11-14H2,1-3H3;1H. The topological polar surface area (TPSA) is 26.2 Å². The predicted octanol–water partition coefficient (Wildman–Crippen LogP) is 4.40. The van der Waals surface area contributed by atoms with Crippen LogP contribution < -0.4 is 5.32 Å². The van der Waals surface area contributed by atoms with Crippen molar-refractivity contribution in [2.75, 3.05) is 19.7 Å². The van der Waals surface area contributed by atoms with Crippen LogP contribution in [0.1, 0.15) is 44.4 Å². The van der Waals surface area contributed by atoms with Gasteiger partial charge in [0.05, 0.1) is 12.3 Å². The van der Waals surface area contributed by atoms with Gasteiger partial charge in [-0.2, -0.15) is 0 Å². The minimum atomic E-state index is -0.145. The van der Waals surface area contributed by atoms with E-state index in [1.807, 2.05) is 0 Å². The van der Waals surface area contributed by atoms with Crippen molar-refractivity contribution in [1.29, 1.82) is 0 Å². The van der Waals surface area contributed by atoms with Gasteiger partial charge in [0.1, 0.15) is 5.60 Å². The van der Waals surface area contributed by atoms with Gasteiger partial charge in [0.25, 0.3) is 0 Å². The highest BCUT2D eigenvalue weighted by Crippen LogP contribution is 2.40. The quantitative estimate of drug-likeness (QED) is 0.791. The maximum absolute atomic E-state index is 6.27. The van der Waals surface area contributed by atoms with Crippen LogP contribution in [0.3, 0.4) is 0 Å². The van der Waals surface area contributed by atoms with Crippen molar-refractivity contribution in [1.82, 2.24) is 9.88 Å². The Hall–Kier alpha value is -1.03. The van der Waals surface area contributed by atoms with Gasteiger partial charge < -0.3 is 14.6 Å². The molecule has 1 aromatic carbocycles. The van der Waals surface area contributed by atoms with Crippen molar-refractivity contribution in [3.05, 3.63) is 35.5 Å². The molecular formula is C19H29ClN2O. The average molecular weight is 337 g/mol. The number of aryl methyl sites for hydroxylation is 1. The molecule has 1 aromatic heterocycles. The Labute approximate surface area is 145 Å². The van der Waals surface area contributed by atoms with Crippen LogP contribution in [0.5, 0.6) is 0 Å². The molecule has 0 spiro atoms. The van der Waals surface area contributed by atoms with Gasteiger partial charge in [0.2, 0.25) is 0 Å². The molecule has 0 amide bonds. The molecule has 23 heavy (non-hydrogen) atoms. The number of benzene rings is 1. The molecule has 0 fully saturated rings. The normalized spacial score (nSPS) is 20.3. The number of fused-ring (bicyclic) bond motifs is 3. The van der Waals surface area contributed by atoms with Gasteiger partial charge in [-0.15, -0.1) is 12.4 Å². The lowest BCUT2D eigenvalue weighted by molar-refractivity contribution is -0.0707. The van der Waals surface area contributed by atoms with Crippen LogP contribution in [-0.2, 0) is 16.9 Å². The van der Waals surface area contributed by atoms with E-state index in [0.717, 1.165) is 32.7 Å². The highest BCUT2D eigenvalue weighted by atomic mass is 35.5. The minimum Gasteiger partial charge on any atom is -0.367 e. The third kappa shape index (κ3) is 3.42. The van der Waals surface area contributed by atoms with Crippen LogP contribution in [0.2, 0.25) is 0 Å². The predicted molar refractivity (Wildman–Crippen MR) is 99.6 cm³/mol. The first-order valence-corrected chi connectivity index (χ1v) is 8.60. The summed E-state index contributed by atoms with van der Waals surface area (Å²) in [6, 6.07) is 8.75. The molecule has 128 valence electrons. The summed E-state index contributed by atoms with van der Waals surface area (Å²) >= 11 is 0. The summed E-state index contributed by atoms with van der Waals surface area (Å²) in [5, 5.41) is 4.78. The lowest BCUT2D eigenvalue weighted by Gasteiger charge is -2.36. The van der Waals surface area contributed by atoms with Crippen molar-refractivity contribution in [2.24, 2.45) is 0 Å². The second-order valence-electron chi connectivity index (χ2n) is 6.53. The number of nitrogens with zero attached hydrogens (tertiary/aromatic N) is 1. The molecule has 0 aliphatic carbocycles. The zero-order valence-corrected chi connectivity index (χ0v) is 15.3. The summed E-state index contributed by atoms with van der Waals surface area (Å²) < 4.78 is 8.75. The number of hydrogen-bond acceptors (Lipinski definition) is 2. The van der Waals surface area contributed by atoms with Gasteiger partial charge in [-0.25, -0.2) is 0 Å². The summed E-state index contributed by atoms with van der Waals surface area (Å²) in [4.78, 5) is 0. The summed E-state index contributed by atoms with van der Waals surface area (Å²) in [5.74, 6) is 0. The van der Waals surface area contributed by atoms with E-state index >= 15 is 0 Å². The Balaban J connectivity index is 0.00000192. The van der Waals surface area contributed by atoms with Crippen LogP contribution in [0.4, 0.5) is 0 Å². The number of halogens is 1. The van der Waals surface area contributed by atoms with Crippen LogP contribution in [-0.4, -0.2) is 24.3 Å². The summed E-state index contributed by atoms with van der Waals surface area (Å²) in [6.07, 6.45) is 3.51. The van der Waals surface area contributed by atoms with Crippen LogP contribution in [0.15, 0.2) is 24.3 Å². The summed E-state index contributed by atoms with van der Waals surface area (Å²) in [6.45, 7) is 10.6. The average Bonchev–Trinajstić information content (AvgIpc) is 2.82. The summed E-state index contributed by atoms with van der Waals surface area (Å²) in [7, 11) is 0. The molecule has 1 unspecified atom stereocenters. The number of nitrogens with one attached hydrogen (secondary N) is 1. The molecule has 1 aliphatic rings. The third-order valence-corrected chi connectivity index (χ3v) is 4.97. The zero-order chi connectivity index (χ0) is 15.6. The Bertz CT molecular complexity index is 652. The van der Waals surface area contributed by atoms with Crippen molar-refractivity contribution in [2.45, 2.75) is 52.2 Å².